The quantitative estimate of drug-likeness (QED) is 0.446. The molecule has 3 aromatic rings. The third-order valence-corrected chi connectivity index (χ3v) is 4.78. The lowest BCUT2D eigenvalue weighted by Gasteiger charge is -2.01. The molecule has 0 bridgehead atoms. The van der Waals surface area contributed by atoms with Gasteiger partial charge in [0.15, 0.2) is 11.5 Å². The van der Waals surface area contributed by atoms with Crippen LogP contribution in [0.2, 0.25) is 5.15 Å². The molecule has 1 N–H and O–H groups in total. The van der Waals surface area contributed by atoms with Crippen LogP contribution >= 0.6 is 34.2 Å². The molecule has 0 saturated carbocycles. The summed E-state index contributed by atoms with van der Waals surface area (Å²) in [4.78, 5) is 7.83. The van der Waals surface area contributed by atoms with E-state index in [4.69, 9.17) is 16.3 Å². The zero-order valence-electron chi connectivity index (χ0n) is 11.7. The Balaban J connectivity index is 2.06. The number of ether oxygens (including phenoxy) is 1. The van der Waals surface area contributed by atoms with Crippen molar-refractivity contribution in [1.82, 2.24) is 29.4 Å². The summed E-state index contributed by atoms with van der Waals surface area (Å²) in [5, 5.41) is 7.59. The Morgan fingerprint density at radius 1 is 1.35 bits per heavy atom. The molecule has 0 aliphatic heterocycles. The van der Waals surface area contributed by atoms with E-state index in [-0.39, 0.29) is 22.6 Å². The predicted octanol–water partition coefficient (Wildman–Crippen LogP) is 0.925. The third-order valence-electron chi connectivity index (χ3n) is 2.68. The fourth-order valence-electron chi connectivity index (χ4n) is 1.76. The van der Waals surface area contributed by atoms with E-state index in [0.29, 0.717) is 3.57 Å². The normalized spacial score (nSPS) is 11.8. The Hall–Kier alpha value is -1.67. The van der Waals surface area contributed by atoms with Gasteiger partial charge in [-0.15, -0.1) is 5.10 Å². The molecule has 3 rings (SSSR count). The molecule has 0 spiro atoms. The largest absolute Gasteiger partial charge is 0.467 e. The Labute approximate surface area is 149 Å². The van der Waals surface area contributed by atoms with Crippen molar-refractivity contribution in [3.05, 3.63) is 21.0 Å². The van der Waals surface area contributed by atoms with Crippen LogP contribution < -0.4 is 9.46 Å². The van der Waals surface area contributed by atoms with E-state index in [1.165, 1.54) is 17.9 Å². The summed E-state index contributed by atoms with van der Waals surface area (Å²) in [6.07, 6.45) is 1.67. The van der Waals surface area contributed by atoms with Crippen molar-refractivity contribution in [2.75, 3.05) is 11.8 Å². The van der Waals surface area contributed by atoms with Gasteiger partial charge in [-0.05, 0) is 22.6 Å². The summed E-state index contributed by atoms with van der Waals surface area (Å²) in [7, 11) is -0.977. The van der Waals surface area contributed by atoms with Gasteiger partial charge in [0.1, 0.15) is 5.15 Å². The van der Waals surface area contributed by atoms with Crippen LogP contribution in [0.3, 0.4) is 0 Å². The summed E-state index contributed by atoms with van der Waals surface area (Å²) >= 11 is 7.80. The monoisotopic (exact) mass is 469 g/mol. The van der Waals surface area contributed by atoms with Gasteiger partial charge in [0.25, 0.3) is 5.16 Å². The zero-order chi connectivity index (χ0) is 16.8. The van der Waals surface area contributed by atoms with Crippen molar-refractivity contribution in [3.8, 4) is 6.01 Å². The number of aryl methyl sites for hydroxylation is 1. The zero-order valence-corrected chi connectivity index (χ0v) is 15.5. The molecule has 0 saturated heterocycles. The van der Waals surface area contributed by atoms with Gasteiger partial charge in [-0.1, -0.05) is 11.6 Å². The Bertz CT molecular complexity index is 999. The summed E-state index contributed by atoms with van der Waals surface area (Å²) in [6, 6.07) is 1.40. The van der Waals surface area contributed by atoms with Crippen molar-refractivity contribution in [1.29, 1.82) is 0 Å². The van der Waals surface area contributed by atoms with Crippen LogP contribution in [0, 0.1) is 3.57 Å². The minimum atomic E-state index is -4.02. The van der Waals surface area contributed by atoms with Crippen molar-refractivity contribution >= 4 is 55.7 Å². The lowest BCUT2D eigenvalue weighted by molar-refractivity contribution is 0.366. The van der Waals surface area contributed by atoms with E-state index in [1.54, 1.807) is 13.2 Å². The molecule has 0 radical (unpaired) electrons. The number of hydrogen-bond donors (Lipinski definition) is 1. The lowest BCUT2D eigenvalue weighted by atomic mass is 10.6. The summed E-state index contributed by atoms with van der Waals surface area (Å²) in [5.74, 6) is 0.190. The van der Waals surface area contributed by atoms with Gasteiger partial charge >= 0.3 is 16.0 Å². The standard InChI is InChI=1S/C10H9ClIN7O3S/c1-18-4-5(12)8(15-18)17-23(20,21)9-14-7-3-6(11)13-10(22-2)19(7)16-9/h3-4H,1-2H3,(H,15,17). The second-order valence-corrected chi connectivity index (χ2v) is 7.46. The predicted molar refractivity (Wildman–Crippen MR) is 89.1 cm³/mol. The van der Waals surface area contributed by atoms with Gasteiger partial charge in [-0.3, -0.25) is 9.40 Å². The first-order chi connectivity index (χ1) is 10.8. The molecular weight excluding hydrogens is 461 g/mol. The molecule has 3 heterocycles. The first-order valence-corrected chi connectivity index (χ1v) is 8.93. The molecule has 122 valence electrons. The van der Waals surface area contributed by atoms with E-state index in [0.717, 1.165) is 4.52 Å². The molecule has 23 heavy (non-hydrogen) atoms. The molecule has 0 unspecified atom stereocenters. The van der Waals surface area contributed by atoms with Gasteiger partial charge in [-0.25, -0.2) is 0 Å². The maximum absolute atomic E-state index is 12.4. The molecule has 0 aromatic carbocycles. The second-order valence-electron chi connectivity index (χ2n) is 4.33. The van der Waals surface area contributed by atoms with Gasteiger partial charge in [0.2, 0.25) is 0 Å². The smallest absolute Gasteiger partial charge is 0.320 e. The van der Waals surface area contributed by atoms with Crippen LogP contribution in [-0.2, 0) is 17.1 Å². The Kier molecular flexibility index (Phi) is 4.05. The number of aromatic nitrogens is 6. The summed E-state index contributed by atoms with van der Waals surface area (Å²) in [5.41, 5.74) is 0.193. The highest BCUT2D eigenvalue weighted by Gasteiger charge is 2.24. The Morgan fingerprint density at radius 3 is 2.70 bits per heavy atom. The highest BCUT2D eigenvalue weighted by molar-refractivity contribution is 14.1. The molecule has 0 fully saturated rings. The van der Waals surface area contributed by atoms with E-state index >= 15 is 0 Å². The van der Waals surface area contributed by atoms with E-state index in [9.17, 15) is 8.42 Å². The van der Waals surface area contributed by atoms with Crippen LogP contribution in [0.15, 0.2) is 17.4 Å². The van der Waals surface area contributed by atoms with Gasteiger partial charge in [0, 0.05) is 19.3 Å². The van der Waals surface area contributed by atoms with Crippen LogP contribution in [0.1, 0.15) is 0 Å². The van der Waals surface area contributed by atoms with Crippen molar-refractivity contribution in [3.63, 3.8) is 0 Å². The lowest BCUT2D eigenvalue weighted by Crippen LogP contribution is -2.16. The molecule has 10 nitrogen and oxygen atoms in total. The van der Waals surface area contributed by atoms with Crippen LogP contribution in [0.25, 0.3) is 5.65 Å². The van der Waals surface area contributed by atoms with Crippen molar-refractivity contribution < 1.29 is 13.2 Å². The Morgan fingerprint density at radius 2 is 2.09 bits per heavy atom. The fraction of sp³-hybridized carbons (Fsp3) is 0.200. The van der Waals surface area contributed by atoms with Crippen LogP contribution in [0.4, 0.5) is 5.82 Å². The topological polar surface area (TPSA) is 116 Å². The number of methoxy groups -OCH3 is 1. The molecule has 0 amide bonds. The molecule has 0 atom stereocenters. The summed E-state index contributed by atoms with van der Waals surface area (Å²) in [6.45, 7) is 0. The number of anilines is 1. The number of halogens is 2. The van der Waals surface area contributed by atoms with Crippen molar-refractivity contribution in [2.24, 2.45) is 7.05 Å². The molecule has 13 heteroatoms. The van der Waals surface area contributed by atoms with Gasteiger partial charge < -0.3 is 4.74 Å². The maximum atomic E-state index is 12.4. The van der Waals surface area contributed by atoms with Crippen molar-refractivity contribution in [2.45, 2.75) is 5.16 Å². The third kappa shape index (κ3) is 3.05. The van der Waals surface area contributed by atoms with E-state index in [1.807, 2.05) is 22.6 Å². The molecular formula is C10H9ClIN7O3S. The number of hydrogen-bond acceptors (Lipinski definition) is 7. The van der Waals surface area contributed by atoms with Gasteiger partial charge in [0.05, 0.1) is 10.7 Å². The first kappa shape index (κ1) is 16.2. The minimum absolute atomic E-state index is 0.0221. The maximum Gasteiger partial charge on any atom is 0.320 e. The molecule has 0 aliphatic carbocycles. The number of fused-ring (bicyclic) bond motifs is 1. The minimum Gasteiger partial charge on any atom is -0.467 e. The first-order valence-electron chi connectivity index (χ1n) is 5.99. The van der Waals surface area contributed by atoms with E-state index < -0.39 is 15.2 Å². The highest BCUT2D eigenvalue weighted by atomic mass is 127. The van der Waals surface area contributed by atoms with E-state index in [2.05, 4.69) is 24.9 Å². The average Bonchev–Trinajstić information content (AvgIpc) is 3.01. The number of rotatable bonds is 4. The SMILES string of the molecule is COc1nc(Cl)cc2nc(S(=O)(=O)Nc3nn(C)cc3I)nn12. The number of nitrogens with one attached hydrogen (secondary N) is 1. The number of nitrogens with zero attached hydrogens (tertiary/aromatic N) is 6. The van der Waals surface area contributed by atoms with Crippen LogP contribution in [-0.4, -0.2) is 44.9 Å². The molecule has 3 aromatic heterocycles. The average molecular weight is 470 g/mol. The second kappa shape index (κ2) is 5.76. The van der Waals surface area contributed by atoms with Gasteiger partial charge in [-0.2, -0.15) is 28.0 Å². The van der Waals surface area contributed by atoms with Crippen LogP contribution in [0.5, 0.6) is 6.01 Å². The fourth-order valence-corrected chi connectivity index (χ4v) is 3.66. The number of sulfonamides is 1. The molecule has 0 aliphatic rings. The summed E-state index contributed by atoms with van der Waals surface area (Å²) < 4.78 is 35.5. The highest BCUT2D eigenvalue weighted by Crippen LogP contribution is 2.21.